The molecule has 0 spiro atoms. The van der Waals surface area contributed by atoms with Crippen LogP contribution in [0.25, 0.3) is 33.5 Å². The fraction of sp³-hybridized carbons (Fsp3) is 0.269. The number of pyridine rings is 1. The minimum absolute atomic E-state index is 0.228. The summed E-state index contributed by atoms with van der Waals surface area (Å²) in [6.07, 6.45) is 0. The highest BCUT2D eigenvalue weighted by atomic mass is 32.2. The van der Waals surface area contributed by atoms with Crippen LogP contribution in [0.3, 0.4) is 0 Å². The van der Waals surface area contributed by atoms with Crippen LogP contribution < -0.4 is 5.32 Å². The SMILES string of the molecule is CCn1c(SC(C)C(=O)N2CCNC2=O)nnc1-c1cc(-c2ccc(C)cc2)nc2ccccc12. The lowest BCUT2D eigenvalue weighted by Gasteiger charge is -2.17. The van der Waals surface area contributed by atoms with Crippen LogP contribution in [0.2, 0.25) is 0 Å². The first kappa shape index (κ1) is 23.0. The molecular formula is C26H26N6O2S. The normalized spacial score (nSPS) is 14.4. The Morgan fingerprint density at radius 3 is 2.63 bits per heavy atom. The molecule has 2 aromatic heterocycles. The summed E-state index contributed by atoms with van der Waals surface area (Å²) in [5.41, 5.74) is 4.90. The van der Waals surface area contributed by atoms with Gasteiger partial charge in [-0.3, -0.25) is 9.69 Å². The topological polar surface area (TPSA) is 93.0 Å². The van der Waals surface area contributed by atoms with E-state index in [0.29, 0.717) is 24.8 Å². The zero-order valence-electron chi connectivity index (χ0n) is 19.9. The predicted molar refractivity (Wildman–Crippen MR) is 137 cm³/mol. The van der Waals surface area contributed by atoms with E-state index in [9.17, 15) is 9.59 Å². The first-order valence-electron chi connectivity index (χ1n) is 11.6. The number of hydrogen-bond donors (Lipinski definition) is 1. The zero-order valence-corrected chi connectivity index (χ0v) is 20.7. The molecule has 4 aromatic rings. The number of carbonyl (C=O) groups is 2. The lowest BCUT2D eigenvalue weighted by atomic mass is 10.0. The van der Waals surface area contributed by atoms with Crippen LogP contribution in [0.1, 0.15) is 19.4 Å². The van der Waals surface area contributed by atoms with Crippen molar-refractivity contribution >= 4 is 34.6 Å². The van der Waals surface area contributed by atoms with Gasteiger partial charge in [0.25, 0.3) is 0 Å². The number of urea groups is 1. The van der Waals surface area contributed by atoms with Crippen molar-refractivity contribution in [1.29, 1.82) is 0 Å². The maximum atomic E-state index is 12.8. The van der Waals surface area contributed by atoms with Crippen molar-refractivity contribution < 1.29 is 9.59 Å². The van der Waals surface area contributed by atoms with Gasteiger partial charge in [-0.25, -0.2) is 9.78 Å². The molecule has 1 N–H and O–H groups in total. The Balaban J connectivity index is 1.54. The van der Waals surface area contributed by atoms with E-state index in [1.165, 1.54) is 22.2 Å². The first-order chi connectivity index (χ1) is 17.0. The molecule has 0 aliphatic carbocycles. The average molecular weight is 487 g/mol. The van der Waals surface area contributed by atoms with Gasteiger partial charge in [0.05, 0.1) is 16.5 Å². The van der Waals surface area contributed by atoms with E-state index in [1.54, 1.807) is 6.92 Å². The third-order valence-electron chi connectivity index (χ3n) is 6.09. The molecule has 1 aliphatic heterocycles. The van der Waals surface area contributed by atoms with Gasteiger partial charge >= 0.3 is 6.03 Å². The van der Waals surface area contributed by atoms with E-state index < -0.39 is 5.25 Å². The lowest BCUT2D eigenvalue weighted by molar-refractivity contribution is -0.126. The van der Waals surface area contributed by atoms with E-state index in [-0.39, 0.29) is 11.9 Å². The molecule has 3 amide bonds. The molecule has 9 heteroatoms. The molecule has 5 rings (SSSR count). The summed E-state index contributed by atoms with van der Waals surface area (Å²) in [5.74, 6) is 0.494. The van der Waals surface area contributed by atoms with Gasteiger partial charge in [0.1, 0.15) is 0 Å². The van der Waals surface area contributed by atoms with Crippen LogP contribution in [0, 0.1) is 6.92 Å². The number of fused-ring (bicyclic) bond motifs is 1. The van der Waals surface area contributed by atoms with Crippen molar-refractivity contribution in [2.45, 2.75) is 37.7 Å². The summed E-state index contributed by atoms with van der Waals surface area (Å²) in [7, 11) is 0. The van der Waals surface area contributed by atoms with Crippen molar-refractivity contribution in [3.05, 3.63) is 60.2 Å². The van der Waals surface area contributed by atoms with Crippen molar-refractivity contribution in [3.63, 3.8) is 0 Å². The highest BCUT2D eigenvalue weighted by Crippen LogP contribution is 2.34. The maximum absolute atomic E-state index is 12.8. The van der Waals surface area contributed by atoms with Gasteiger partial charge < -0.3 is 9.88 Å². The van der Waals surface area contributed by atoms with Crippen LogP contribution in [0.5, 0.6) is 0 Å². The third-order valence-corrected chi connectivity index (χ3v) is 7.16. The molecule has 1 aliphatic rings. The summed E-state index contributed by atoms with van der Waals surface area (Å²) < 4.78 is 2.01. The molecule has 1 atom stereocenters. The number of thioether (sulfide) groups is 1. The second-order valence-electron chi connectivity index (χ2n) is 8.47. The van der Waals surface area contributed by atoms with Gasteiger partial charge in [0, 0.05) is 36.1 Å². The molecule has 3 heterocycles. The number of amides is 3. The number of nitrogens with zero attached hydrogens (tertiary/aromatic N) is 5. The highest BCUT2D eigenvalue weighted by molar-refractivity contribution is 8.00. The molecule has 1 unspecified atom stereocenters. The summed E-state index contributed by atoms with van der Waals surface area (Å²) in [4.78, 5) is 30.9. The number of carbonyl (C=O) groups excluding carboxylic acids is 2. The van der Waals surface area contributed by atoms with Gasteiger partial charge in [-0.05, 0) is 32.9 Å². The quantitative estimate of drug-likeness (QED) is 0.403. The van der Waals surface area contributed by atoms with E-state index in [2.05, 4.69) is 52.8 Å². The Hall–Kier alpha value is -3.72. The molecule has 1 saturated heterocycles. The Morgan fingerprint density at radius 1 is 1.14 bits per heavy atom. The van der Waals surface area contributed by atoms with Crippen molar-refractivity contribution in [3.8, 4) is 22.6 Å². The molecule has 178 valence electrons. The standard InChI is InChI=1S/C26H26N6O2S/c1-4-31-23(29-30-26(31)35-17(3)24(33)32-14-13-27-25(32)34)20-15-22(18-11-9-16(2)10-12-18)28-21-8-6-5-7-19(20)21/h5-12,15,17H,4,13-14H2,1-3H3,(H,27,34). The number of benzene rings is 2. The van der Waals surface area contributed by atoms with E-state index in [0.717, 1.165) is 33.5 Å². The van der Waals surface area contributed by atoms with Crippen LogP contribution in [-0.2, 0) is 11.3 Å². The predicted octanol–water partition coefficient (Wildman–Crippen LogP) is 4.52. The average Bonchev–Trinajstić information content (AvgIpc) is 3.48. The van der Waals surface area contributed by atoms with Crippen molar-refractivity contribution in [2.75, 3.05) is 13.1 Å². The number of nitrogens with one attached hydrogen (secondary N) is 1. The largest absolute Gasteiger partial charge is 0.336 e. The molecule has 8 nitrogen and oxygen atoms in total. The number of para-hydroxylation sites is 1. The number of hydrogen-bond acceptors (Lipinski definition) is 6. The fourth-order valence-electron chi connectivity index (χ4n) is 4.20. The van der Waals surface area contributed by atoms with Crippen molar-refractivity contribution in [1.82, 2.24) is 30.0 Å². The molecule has 0 saturated carbocycles. The number of aryl methyl sites for hydroxylation is 1. The Labute approximate surface area is 207 Å². The Morgan fingerprint density at radius 2 is 1.91 bits per heavy atom. The van der Waals surface area contributed by atoms with Gasteiger partial charge in [-0.1, -0.05) is 59.8 Å². The highest BCUT2D eigenvalue weighted by Gasteiger charge is 2.31. The van der Waals surface area contributed by atoms with E-state index in [4.69, 9.17) is 4.98 Å². The lowest BCUT2D eigenvalue weighted by Crippen LogP contribution is -2.39. The zero-order chi connectivity index (χ0) is 24.5. The Bertz CT molecular complexity index is 1420. The number of imide groups is 1. The number of aromatic nitrogens is 4. The summed E-state index contributed by atoms with van der Waals surface area (Å²) in [6.45, 7) is 7.39. The molecular weight excluding hydrogens is 460 g/mol. The third kappa shape index (κ3) is 4.39. The van der Waals surface area contributed by atoms with Crippen LogP contribution >= 0.6 is 11.8 Å². The summed E-state index contributed by atoms with van der Waals surface area (Å²) >= 11 is 1.32. The van der Waals surface area contributed by atoms with Crippen LogP contribution in [0.4, 0.5) is 4.79 Å². The second kappa shape index (κ2) is 9.50. The molecule has 1 fully saturated rings. The minimum Gasteiger partial charge on any atom is -0.336 e. The molecule has 0 radical (unpaired) electrons. The van der Waals surface area contributed by atoms with Gasteiger partial charge in [-0.15, -0.1) is 10.2 Å². The summed E-state index contributed by atoms with van der Waals surface area (Å²) in [5, 5.41) is 12.8. The van der Waals surface area contributed by atoms with Crippen LogP contribution in [-0.4, -0.2) is 54.9 Å². The van der Waals surface area contributed by atoms with Crippen LogP contribution in [0.15, 0.2) is 59.8 Å². The first-order valence-corrected chi connectivity index (χ1v) is 12.5. The number of rotatable bonds is 6. The van der Waals surface area contributed by atoms with Gasteiger partial charge in [0.2, 0.25) is 5.91 Å². The Kier molecular flexibility index (Phi) is 6.25. The molecule has 0 bridgehead atoms. The minimum atomic E-state index is -0.474. The maximum Gasteiger partial charge on any atom is 0.324 e. The van der Waals surface area contributed by atoms with Gasteiger partial charge in [-0.2, -0.15) is 0 Å². The second-order valence-corrected chi connectivity index (χ2v) is 9.78. The fourth-order valence-corrected chi connectivity index (χ4v) is 5.18. The monoisotopic (exact) mass is 486 g/mol. The molecule has 2 aromatic carbocycles. The van der Waals surface area contributed by atoms with E-state index in [1.807, 2.05) is 35.8 Å². The smallest absolute Gasteiger partial charge is 0.324 e. The molecule has 35 heavy (non-hydrogen) atoms. The van der Waals surface area contributed by atoms with Gasteiger partial charge in [0.15, 0.2) is 11.0 Å². The van der Waals surface area contributed by atoms with E-state index >= 15 is 0 Å². The summed E-state index contributed by atoms with van der Waals surface area (Å²) in [6, 6.07) is 18.0. The van der Waals surface area contributed by atoms with Crippen molar-refractivity contribution in [2.24, 2.45) is 0 Å².